The highest BCUT2D eigenvalue weighted by molar-refractivity contribution is 7.90. The Morgan fingerprint density at radius 3 is 2.53 bits per heavy atom. The van der Waals surface area contributed by atoms with Crippen LogP contribution in [0.3, 0.4) is 0 Å². The molecule has 17 heavy (non-hydrogen) atoms. The Balaban J connectivity index is 3.08. The van der Waals surface area contributed by atoms with Crippen molar-refractivity contribution in [1.82, 2.24) is 10.0 Å². The average Bonchev–Trinajstić information content (AvgIpc) is 2.28. The number of methoxy groups -OCH3 is 1. The molecule has 0 unspecified atom stereocenters. The molecule has 0 aliphatic rings. The first-order valence-electron chi connectivity index (χ1n) is 4.58. The number of carbonyl (C=O) groups excluding carboxylic acids is 1. The second-order valence-corrected chi connectivity index (χ2v) is 4.77. The summed E-state index contributed by atoms with van der Waals surface area (Å²) in [7, 11) is -1.18. The van der Waals surface area contributed by atoms with Gasteiger partial charge in [-0.2, -0.15) is 0 Å². The molecule has 1 aromatic carbocycles. The second-order valence-electron chi connectivity index (χ2n) is 3.09. The third-order valence-corrected chi connectivity index (χ3v) is 3.29. The van der Waals surface area contributed by atoms with Gasteiger partial charge in [0.05, 0.1) is 17.7 Å². The minimum absolute atomic E-state index is 0.112. The molecular weight excluding hydrogens is 246 g/mol. The first kappa shape index (κ1) is 13.1. The maximum absolute atomic E-state index is 11.7. The van der Waals surface area contributed by atoms with Gasteiger partial charge < -0.3 is 15.8 Å². The molecule has 0 fully saturated rings. The Kier molecular flexibility index (Phi) is 3.79. The predicted octanol–water partition coefficient (Wildman–Crippen LogP) is -0.105. The molecule has 2 amide bonds. The van der Waals surface area contributed by atoms with Gasteiger partial charge in [-0.25, -0.2) is 17.9 Å². The number of anilines is 1. The number of nitrogens with two attached hydrogens (primary N) is 1. The number of carbonyl (C=O) groups is 1. The summed E-state index contributed by atoms with van der Waals surface area (Å²) in [6.45, 7) is 0. The summed E-state index contributed by atoms with van der Waals surface area (Å²) in [5.41, 5.74) is 5.75. The number of nitrogen functional groups attached to an aromatic ring is 1. The van der Waals surface area contributed by atoms with Crippen molar-refractivity contribution in [3.63, 3.8) is 0 Å². The Labute approximate surface area is 99.0 Å². The standard InChI is InChI=1S/C9H13N3O4S/c1-11-9(13)12-17(14,15)6-3-4-8(16-2)7(10)5-6/h3-5H,10H2,1-2H3,(H2,11,12,13). The molecule has 0 radical (unpaired) electrons. The van der Waals surface area contributed by atoms with Crippen LogP contribution in [0.4, 0.5) is 10.5 Å². The van der Waals surface area contributed by atoms with Gasteiger partial charge in [0.2, 0.25) is 0 Å². The van der Waals surface area contributed by atoms with Crippen molar-refractivity contribution in [1.29, 1.82) is 0 Å². The van der Waals surface area contributed by atoms with E-state index in [0.29, 0.717) is 5.75 Å². The lowest BCUT2D eigenvalue weighted by molar-refractivity contribution is 0.248. The molecule has 94 valence electrons. The maximum atomic E-state index is 11.7. The van der Waals surface area contributed by atoms with Crippen LogP contribution >= 0.6 is 0 Å². The normalized spacial score (nSPS) is 10.7. The number of sulfonamides is 1. The third kappa shape index (κ3) is 3.00. The van der Waals surface area contributed by atoms with Crippen molar-refractivity contribution in [2.45, 2.75) is 4.90 Å². The summed E-state index contributed by atoms with van der Waals surface area (Å²) in [5, 5.41) is 2.14. The van der Waals surface area contributed by atoms with Crippen LogP contribution in [0.1, 0.15) is 0 Å². The van der Waals surface area contributed by atoms with Gasteiger partial charge in [0, 0.05) is 7.05 Å². The van der Waals surface area contributed by atoms with Crippen LogP contribution in [0.25, 0.3) is 0 Å². The third-order valence-electron chi connectivity index (χ3n) is 1.97. The van der Waals surface area contributed by atoms with Crippen molar-refractivity contribution in [3.05, 3.63) is 18.2 Å². The van der Waals surface area contributed by atoms with Crippen LogP contribution in [0.2, 0.25) is 0 Å². The molecular formula is C9H13N3O4S. The van der Waals surface area contributed by atoms with Gasteiger partial charge in [0.25, 0.3) is 10.0 Å². The lowest BCUT2D eigenvalue weighted by Crippen LogP contribution is -2.37. The fraction of sp³-hybridized carbons (Fsp3) is 0.222. The minimum Gasteiger partial charge on any atom is -0.495 e. The summed E-state index contributed by atoms with van der Waals surface area (Å²) in [6, 6.07) is 3.09. The lowest BCUT2D eigenvalue weighted by Gasteiger charge is -2.09. The molecule has 0 saturated heterocycles. The number of urea groups is 1. The van der Waals surface area contributed by atoms with E-state index in [0.717, 1.165) is 0 Å². The summed E-state index contributed by atoms with van der Waals surface area (Å²) >= 11 is 0. The van der Waals surface area contributed by atoms with E-state index < -0.39 is 16.1 Å². The molecule has 0 saturated carbocycles. The summed E-state index contributed by atoms with van der Waals surface area (Å²) in [4.78, 5) is 10.8. The fourth-order valence-electron chi connectivity index (χ4n) is 1.11. The van der Waals surface area contributed by atoms with Gasteiger partial charge in [-0.15, -0.1) is 0 Å². The summed E-state index contributed by atoms with van der Waals surface area (Å²) in [5.74, 6) is 0.365. The second kappa shape index (κ2) is 4.91. The average molecular weight is 259 g/mol. The van der Waals surface area contributed by atoms with Crippen molar-refractivity contribution in [2.75, 3.05) is 19.9 Å². The van der Waals surface area contributed by atoms with Gasteiger partial charge in [0.15, 0.2) is 0 Å². The molecule has 4 N–H and O–H groups in total. The molecule has 1 aromatic rings. The molecule has 7 nitrogen and oxygen atoms in total. The summed E-state index contributed by atoms with van der Waals surface area (Å²) < 4.78 is 30.1. The molecule has 8 heteroatoms. The zero-order valence-electron chi connectivity index (χ0n) is 9.35. The highest BCUT2D eigenvalue weighted by Crippen LogP contribution is 2.24. The van der Waals surface area contributed by atoms with Crippen LogP contribution in [0.15, 0.2) is 23.1 Å². The monoisotopic (exact) mass is 259 g/mol. The van der Waals surface area contributed by atoms with E-state index in [9.17, 15) is 13.2 Å². The highest BCUT2D eigenvalue weighted by Gasteiger charge is 2.17. The Hall–Kier alpha value is -1.96. The minimum atomic E-state index is -3.92. The fourth-order valence-corrected chi connectivity index (χ4v) is 2.10. The van der Waals surface area contributed by atoms with E-state index in [4.69, 9.17) is 10.5 Å². The SMILES string of the molecule is CNC(=O)NS(=O)(=O)c1ccc(OC)c(N)c1. The number of rotatable bonds is 3. The lowest BCUT2D eigenvalue weighted by atomic mass is 10.3. The van der Waals surface area contributed by atoms with Crippen LogP contribution in [-0.2, 0) is 10.0 Å². The molecule has 0 aromatic heterocycles. The topological polar surface area (TPSA) is 111 Å². The number of ether oxygens (including phenoxy) is 1. The largest absolute Gasteiger partial charge is 0.495 e. The van der Waals surface area contributed by atoms with Crippen molar-refractivity contribution >= 4 is 21.7 Å². The Morgan fingerprint density at radius 1 is 1.41 bits per heavy atom. The molecule has 1 rings (SSSR count). The highest BCUT2D eigenvalue weighted by atomic mass is 32.2. The van der Waals surface area contributed by atoms with Gasteiger partial charge in [-0.3, -0.25) is 0 Å². The quantitative estimate of drug-likeness (QED) is 0.656. The number of benzene rings is 1. The summed E-state index contributed by atoms with van der Waals surface area (Å²) in [6.07, 6.45) is 0. The van der Waals surface area contributed by atoms with Gasteiger partial charge in [0.1, 0.15) is 5.75 Å². The van der Waals surface area contributed by atoms with Crippen LogP contribution in [-0.4, -0.2) is 28.6 Å². The maximum Gasteiger partial charge on any atom is 0.328 e. The molecule has 0 spiro atoms. The number of hydrogen-bond donors (Lipinski definition) is 3. The number of amides is 2. The van der Waals surface area contributed by atoms with Crippen molar-refractivity contribution in [2.24, 2.45) is 0 Å². The molecule has 0 aliphatic heterocycles. The van der Waals surface area contributed by atoms with Gasteiger partial charge >= 0.3 is 6.03 Å². The van der Waals surface area contributed by atoms with E-state index in [1.807, 2.05) is 4.72 Å². The first-order valence-corrected chi connectivity index (χ1v) is 6.07. The smallest absolute Gasteiger partial charge is 0.328 e. The molecule has 0 heterocycles. The molecule has 0 bridgehead atoms. The van der Waals surface area contributed by atoms with E-state index in [1.54, 1.807) is 0 Å². The van der Waals surface area contributed by atoms with E-state index >= 15 is 0 Å². The van der Waals surface area contributed by atoms with Crippen LogP contribution in [0, 0.1) is 0 Å². The van der Waals surface area contributed by atoms with E-state index in [2.05, 4.69) is 5.32 Å². The van der Waals surface area contributed by atoms with Crippen molar-refractivity contribution < 1.29 is 17.9 Å². The molecule has 0 atom stereocenters. The number of hydrogen-bond acceptors (Lipinski definition) is 5. The van der Waals surface area contributed by atoms with Crippen LogP contribution < -0.4 is 20.5 Å². The van der Waals surface area contributed by atoms with E-state index in [-0.39, 0.29) is 10.6 Å². The molecule has 0 aliphatic carbocycles. The van der Waals surface area contributed by atoms with Gasteiger partial charge in [-0.05, 0) is 18.2 Å². The first-order chi connectivity index (χ1) is 7.90. The van der Waals surface area contributed by atoms with Gasteiger partial charge in [-0.1, -0.05) is 0 Å². The number of nitrogens with one attached hydrogen (secondary N) is 2. The Bertz CT molecular complexity index is 527. The van der Waals surface area contributed by atoms with Crippen molar-refractivity contribution in [3.8, 4) is 5.75 Å². The predicted molar refractivity (Wildman–Crippen MR) is 62.2 cm³/mol. The van der Waals surface area contributed by atoms with Crippen LogP contribution in [0.5, 0.6) is 5.75 Å². The Morgan fingerprint density at radius 2 is 2.06 bits per heavy atom. The zero-order valence-corrected chi connectivity index (χ0v) is 10.2. The van der Waals surface area contributed by atoms with E-state index in [1.165, 1.54) is 32.4 Å². The zero-order chi connectivity index (χ0) is 13.1.